The first-order valence-electron chi connectivity index (χ1n) is 5.08. The third kappa shape index (κ3) is 6.11. The number of nitrogens with zero attached hydrogens (tertiary/aromatic N) is 1. The standard InChI is InChI=1S/C10H16ClNO5/c1-4-16-10(15)7(2)17-9(14)6-12(3)8(13)5-11/h7H,4-6H2,1-3H3/t7-/m0/s1. The Morgan fingerprint density at radius 2 is 1.94 bits per heavy atom. The molecule has 17 heavy (non-hydrogen) atoms. The molecule has 1 atom stereocenters. The molecule has 0 rings (SSSR count). The highest BCUT2D eigenvalue weighted by atomic mass is 35.5. The first kappa shape index (κ1) is 15.7. The van der Waals surface area contributed by atoms with Crippen LogP contribution in [0.5, 0.6) is 0 Å². The molecular weight excluding hydrogens is 250 g/mol. The molecule has 0 saturated carbocycles. The molecule has 7 heteroatoms. The summed E-state index contributed by atoms with van der Waals surface area (Å²) in [7, 11) is 1.42. The molecule has 98 valence electrons. The Labute approximate surface area is 105 Å². The summed E-state index contributed by atoms with van der Waals surface area (Å²) in [6.07, 6.45) is -0.984. The van der Waals surface area contributed by atoms with Crippen LogP contribution in [0.3, 0.4) is 0 Å². The maximum Gasteiger partial charge on any atom is 0.347 e. The molecule has 0 heterocycles. The summed E-state index contributed by atoms with van der Waals surface area (Å²) >= 11 is 5.31. The smallest absolute Gasteiger partial charge is 0.347 e. The van der Waals surface area contributed by atoms with Gasteiger partial charge < -0.3 is 14.4 Å². The number of alkyl halides is 1. The summed E-state index contributed by atoms with van der Waals surface area (Å²) in [4.78, 5) is 34.7. The van der Waals surface area contributed by atoms with E-state index in [2.05, 4.69) is 4.74 Å². The van der Waals surface area contributed by atoms with E-state index in [1.165, 1.54) is 14.0 Å². The highest BCUT2D eigenvalue weighted by molar-refractivity contribution is 6.27. The number of esters is 2. The van der Waals surface area contributed by atoms with Crippen molar-refractivity contribution in [2.75, 3.05) is 26.1 Å². The summed E-state index contributed by atoms with van der Waals surface area (Å²) in [5, 5.41) is 0. The lowest BCUT2D eigenvalue weighted by Gasteiger charge is -2.17. The van der Waals surface area contributed by atoms with Crippen LogP contribution in [0.25, 0.3) is 0 Å². The molecule has 6 nitrogen and oxygen atoms in total. The van der Waals surface area contributed by atoms with Crippen molar-refractivity contribution in [2.24, 2.45) is 0 Å². The molecule has 0 saturated heterocycles. The van der Waals surface area contributed by atoms with Crippen LogP contribution in [0.2, 0.25) is 0 Å². The Morgan fingerprint density at radius 1 is 1.35 bits per heavy atom. The van der Waals surface area contributed by atoms with E-state index >= 15 is 0 Å². The highest BCUT2D eigenvalue weighted by Gasteiger charge is 2.20. The van der Waals surface area contributed by atoms with Gasteiger partial charge in [-0.25, -0.2) is 4.79 Å². The van der Waals surface area contributed by atoms with Crippen molar-refractivity contribution in [3.05, 3.63) is 0 Å². The van der Waals surface area contributed by atoms with E-state index in [0.717, 1.165) is 4.90 Å². The maximum absolute atomic E-state index is 11.3. The van der Waals surface area contributed by atoms with E-state index in [1.54, 1.807) is 6.92 Å². The summed E-state index contributed by atoms with van der Waals surface area (Å²) in [6, 6.07) is 0. The number of amides is 1. The van der Waals surface area contributed by atoms with E-state index in [1.807, 2.05) is 0 Å². The average molecular weight is 266 g/mol. The van der Waals surface area contributed by atoms with E-state index < -0.39 is 23.9 Å². The van der Waals surface area contributed by atoms with Crippen molar-refractivity contribution in [3.8, 4) is 0 Å². The predicted octanol–water partition coefficient (Wildman–Crippen LogP) is 0.178. The molecule has 0 aliphatic heterocycles. The second kappa shape index (κ2) is 7.89. The topological polar surface area (TPSA) is 72.9 Å². The number of likely N-dealkylation sites (N-methyl/N-ethyl adjacent to an activating group) is 1. The zero-order chi connectivity index (χ0) is 13.4. The molecule has 0 spiro atoms. The molecule has 0 aliphatic carbocycles. The summed E-state index contributed by atoms with van der Waals surface area (Å²) in [5.74, 6) is -1.91. The van der Waals surface area contributed by atoms with Gasteiger partial charge in [-0.3, -0.25) is 9.59 Å². The SMILES string of the molecule is CCOC(=O)[C@H](C)OC(=O)CN(C)C(=O)CCl. The van der Waals surface area contributed by atoms with Gasteiger partial charge >= 0.3 is 11.9 Å². The second-order valence-electron chi connectivity index (χ2n) is 3.27. The number of ether oxygens (including phenoxy) is 2. The Bertz CT molecular complexity index is 294. The fraction of sp³-hybridized carbons (Fsp3) is 0.700. The summed E-state index contributed by atoms with van der Waals surface area (Å²) < 4.78 is 9.44. The van der Waals surface area contributed by atoms with Crippen LogP contribution < -0.4 is 0 Å². The second-order valence-corrected chi connectivity index (χ2v) is 3.53. The van der Waals surface area contributed by atoms with Crippen LogP contribution in [0.15, 0.2) is 0 Å². The fourth-order valence-electron chi connectivity index (χ4n) is 0.926. The minimum absolute atomic E-state index is 0.211. The molecule has 0 aromatic heterocycles. The van der Waals surface area contributed by atoms with Crippen molar-refractivity contribution in [2.45, 2.75) is 20.0 Å². The highest BCUT2D eigenvalue weighted by Crippen LogP contribution is 1.97. The first-order chi connectivity index (χ1) is 7.92. The van der Waals surface area contributed by atoms with Crippen molar-refractivity contribution in [1.29, 1.82) is 0 Å². The number of carbonyl (C=O) groups is 3. The Hall–Kier alpha value is -1.30. The lowest BCUT2D eigenvalue weighted by Crippen LogP contribution is -2.36. The molecular formula is C10H16ClNO5. The van der Waals surface area contributed by atoms with E-state index in [4.69, 9.17) is 16.3 Å². The number of hydrogen-bond donors (Lipinski definition) is 0. The van der Waals surface area contributed by atoms with Crippen LogP contribution in [0, 0.1) is 0 Å². The molecule has 1 amide bonds. The van der Waals surface area contributed by atoms with Gasteiger partial charge in [-0.05, 0) is 13.8 Å². The van der Waals surface area contributed by atoms with Crippen molar-refractivity contribution < 1.29 is 23.9 Å². The number of halogens is 1. The van der Waals surface area contributed by atoms with Gasteiger partial charge in [-0.2, -0.15) is 0 Å². The molecule has 0 bridgehead atoms. The van der Waals surface area contributed by atoms with Crippen molar-refractivity contribution >= 4 is 29.4 Å². The molecule has 0 unspecified atom stereocenters. The largest absolute Gasteiger partial charge is 0.463 e. The van der Waals surface area contributed by atoms with Gasteiger partial charge in [0.15, 0.2) is 6.10 Å². The van der Waals surface area contributed by atoms with Gasteiger partial charge in [0.1, 0.15) is 12.4 Å². The number of carbonyl (C=O) groups excluding carboxylic acids is 3. The fourth-order valence-corrected chi connectivity index (χ4v) is 1.13. The van der Waals surface area contributed by atoms with Crippen LogP contribution in [0.4, 0.5) is 0 Å². The quantitative estimate of drug-likeness (QED) is 0.506. The first-order valence-corrected chi connectivity index (χ1v) is 5.61. The number of rotatable bonds is 6. The zero-order valence-electron chi connectivity index (χ0n) is 10.1. The lowest BCUT2D eigenvalue weighted by atomic mass is 10.4. The van der Waals surface area contributed by atoms with Crippen LogP contribution in [-0.4, -0.2) is 54.9 Å². The number of hydrogen-bond acceptors (Lipinski definition) is 5. The molecule has 0 aromatic carbocycles. The minimum atomic E-state index is -0.984. The summed E-state index contributed by atoms with van der Waals surface area (Å²) in [5.41, 5.74) is 0. The van der Waals surface area contributed by atoms with Crippen molar-refractivity contribution in [1.82, 2.24) is 4.90 Å². The van der Waals surface area contributed by atoms with E-state index in [9.17, 15) is 14.4 Å². The predicted molar refractivity (Wildman–Crippen MR) is 60.5 cm³/mol. The van der Waals surface area contributed by atoms with Crippen molar-refractivity contribution in [3.63, 3.8) is 0 Å². The Morgan fingerprint density at radius 3 is 2.41 bits per heavy atom. The van der Waals surface area contributed by atoms with Crippen LogP contribution in [0.1, 0.15) is 13.8 Å². The van der Waals surface area contributed by atoms with Crippen LogP contribution in [-0.2, 0) is 23.9 Å². The molecule has 0 aliphatic rings. The third-order valence-corrected chi connectivity index (χ3v) is 2.06. The molecule has 0 fully saturated rings. The Kier molecular flexibility index (Phi) is 7.29. The van der Waals surface area contributed by atoms with Gasteiger partial charge in [0.2, 0.25) is 5.91 Å². The van der Waals surface area contributed by atoms with Gasteiger partial charge in [0, 0.05) is 7.05 Å². The third-order valence-electron chi connectivity index (χ3n) is 1.83. The van der Waals surface area contributed by atoms with Gasteiger partial charge in [-0.15, -0.1) is 11.6 Å². The minimum Gasteiger partial charge on any atom is -0.463 e. The van der Waals surface area contributed by atoms with Gasteiger partial charge in [0.05, 0.1) is 6.61 Å². The maximum atomic E-state index is 11.3. The van der Waals surface area contributed by atoms with E-state index in [-0.39, 0.29) is 19.0 Å². The average Bonchev–Trinajstić information content (AvgIpc) is 2.27. The monoisotopic (exact) mass is 265 g/mol. The zero-order valence-corrected chi connectivity index (χ0v) is 10.8. The summed E-state index contributed by atoms with van der Waals surface area (Å²) in [6.45, 7) is 3.01. The van der Waals surface area contributed by atoms with Gasteiger partial charge in [0.25, 0.3) is 0 Å². The molecule has 0 radical (unpaired) electrons. The van der Waals surface area contributed by atoms with Crippen LogP contribution >= 0.6 is 11.6 Å². The van der Waals surface area contributed by atoms with Gasteiger partial charge in [-0.1, -0.05) is 0 Å². The molecule has 0 N–H and O–H groups in total. The Balaban J connectivity index is 4.09. The molecule has 0 aromatic rings. The lowest BCUT2D eigenvalue weighted by molar-refractivity contribution is -0.167. The normalized spacial score (nSPS) is 11.5. The van der Waals surface area contributed by atoms with E-state index in [0.29, 0.717) is 0 Å².